The summed E-state index contributed by atoms with van der Waals surface area (Å²) in [4.78, 5) is 11.9. The third-order valence-electron chi connectivity index (χ3n) is 4.09. The van der Waals surface area contributed by atoms with Crippen LogP contribution in [0.4, 0.5) is 14.5 Å². The highest BCUT2D eigenvalue weighted by Crippen LogP contribution is 2.22. The Morgan fingerprint density at radius 1 is 1.25 bits per heavy atom. The molecule has 0 radical (unpaired) electrons. The van der Waals surface area contributed by atoms with Crippen LogP contribution in [0.3, 0.4) is 0 Å². The summed E-state index contributed by atoms with van der Waals surface area (Å²) in [7, 11) is -4.50. The quantitative estimate of drug-likeness (QED) is 0.745. The van der Waals surface area contributed by atoms with Crippen molar-refractivity contribution in [3.8, 4) is 0 Å². The minimum atomic E-state index is -4.50. The first-order valence-corrected chi connectivity index (χ1v) is 9.17. The van der Waals surface area contributed by atoms with Gasteiger partial charge in [-0.25, -0.2) is 8.42 Å². The fourth-order valence-corrected chi connectivity index (χ4v) is 3.57. The number of amides is 1. The van der Waals surface area contributed by atoms with Gasteiger partial charge in [0.1, 0.15) is 0 Å². The molecule has 1 saturated heterocycles. The van der Waals surface area contributed by atoms with Crippen LogP contribution < -0.4 is 11.1 Å². The van der Waals surface area contributed by atoms with Gasteiger partial charge in [-0.2, -0.15) is 13.1 Å². The van der Waals surface area contributed by atoms with E-state index in [-0.39, 0.29) is 31.3 Å². The summed E-state index contributed by atoms with van der Waals surface area (Å²) in [6, 6.07) is 7.01. The molecule has 1 aliphatic heterocycles. The van der Waals surface area contributed by atoms with Crippen molar-refractivity contribution < 1.29 is 22.0 Å². The number of carbonyl (C=O) groups is 1. The lowest BCUT2D eigenvalue weighted by Crippen LogP contribution is -2.43. The molecule has 1 aliphatic rings. The van der Waals surface area contributed by atoms with Crippen LogP contribution in [0, 0.1) is 5.92 Å². The zero-order valence-electron chi connectivity index (χ0n) is 13.1. The van der Waals surface area contributed by atoms with Crippen molar-refractivity contribution in [3.63, 3.8) is 0 Å². The molecule has 0 bridgehead atoms. The monoisotopic (exact) mass is 361 g/mol. The molecule has 6 nitrogen and oxygen atoms in total. The van der Waals surface area contributed by atoms with Crippen LogP contribution >= 0.6 is 0 Å². The molecule has 0 atom stereocenters. The van der Waals surface area contributed by atoms with Crippen molar-refractivity contribution >= 4 is 21.6 Å². The molecule has 1 aromatic carbocycles. The maximum absolute atomic E-state index is 12.5. The van der Waals surface area contributed by atoms with E-state index in [9.17, 15) is 22.0 Å². The largest absolute Gasteiger partial charge is 0.399 e. The van der Waals surface area contributed by atoms with E-state index in [2.05, 4.69) is 5.32 Å². The smallest absolute Gasteiger partial charge is 0.350 e. The Hall–Kier alpha value is -1.74. The van der Waals surface area contributed by atoms with Gasteiger partial charge in [0.2, 0.25) is 5.91 Å². The van der Waals surface area contributed by atoms with E-state index in [1.807, 2.05) is 0 Å². The number of sulfonamides is 1. The first kappa shape index (κ1) is 18.6. The summed E-state index contributed by atoms with van der Waals surface area (Å²) in [6.07, 6.45) is 1.14. The van der Waals surface area contributed by atoms with Gasteiger partial charge in [-0.05, 0) is 36.5 Å². The van der Waals surface area contributed by atoms with Gasteiger partial charge in [0.05, 0.1) is 6.42 Å². The Bertz CT molecular complexity index is 657. The predicted octanol–water partition coefficient (Wildman–Crippen LogP) is 1.19. The summed E-state index contributed by atoms with van der Waals surface area (Å²) in [5.74, 6) is -3.43. The molecular formula is C15H21F2N3O3S. The normalized spacial score (nSPS) is 17.1. The highest BCUT2D eigenvalue weighted by molar-refractivity contribution is 7.89. The fourth-order valence-electron chi connectivity index (χ4n) is 2.62. The maximum Gasteiger partial charge on any atom is 0.350 e. The van der Waals surface area contributed by atoms with E-state index >= 15 is 0 Å². The molecule has 1 heterocycles. The van der Waals surface area contributed by atoms with E-state index in [4.69, 9.17) is 5.73 Å². The Kier molecular flexibility index (Phi) is 6.11. The Morgan fingerprint density at radius 2 is 1.83 bits per heavy atom. The Morgan fingerprint density at radius 3 is 2.38 bits per heavy atom. The third kappa shape index (κ3) is 4.88. The lowest BCUT2D eigenvalue weighted by atomic mass is 9.98. The number of benzene rings is 1. The Balaban J connectivity index is 1.74. The van der Waals surface area contributed by atoms with Crippen molar-refractivity contribution in [1.29, 1.82) is 0 Å². The van der Waals surface area contributed by atoms with E-state index < -0.39 is 15.8 Å². The van der Waals surface area contributed by atoms with E-state index in [1.165, 1.54) is 0 Å². The summed E-state index contributed by atoms with van der Waals surface area (Å²) in [6.45, 7) is 0.534. The molecule has 9 heteroatoms. The fraction of sp³-hybridized carbons (Fsp3) is 0.533. The van der Waals surface area contributed by atoms with Gasteiger partial charge in [-0.1, -0.05) is 12.1 Å². The van der Waals surface area contributed by atoms with Crippen molar-refractivity contribution in [3.05, 3.63) is 29.8 Å². The number of rotatable bonds is 6. The second-order valence-electron chi connectivity index (χ2n) is 5.87. The number of halogens is 2. The molecule has 134 valence electrons. The van der Waals surface area contributed by atoms with Gasteiger partial charge < -0.3 is 11.1 Å². The number of piperidine rings is 1. The van der Waals surface area contributed by atoms with Crippen molar-refractivity contribution in [2.75, 3.05) is 25.4 Å². The highest BCUT2D eigenvalue weighted by Gasteiger charge is 2.34. The van der Waals surface area contributed by atoms with Gasteiger partial charge in [0, 0.05) is 25.3 Å². The number of nitrogens with zero attached hydrogens (tertiary/aromatic N) is 1. The van der Waals surface area contributed by atoms with Gasteiger partial charge in [-0.3, -0.25) is 4.79 Å². The second kappa shape index (κ2) is 7.89. The van der Waals surface area contributed by atoms with Crippen LogP contribution in [0.5, 0.6) is 0 Å². The molecule has 1 aromatic rings. The molecule has 2 rings (SSSR count). The summed E-state index contributed by atoms with van der Waals surface area (Å²) in [5.41, 5.74) is 7.06. The Labute approximate surface area is 140 Å². The second-order valence-corrected chi connectivity index (χ2v) is 7.77. The van der Waals surface area contributed by atoms with Crippen LogP contribution in [-0.2, 0) is 21.2 Å². The molecule has 1 fully saturated rings. The van der Waals surface area contributed by atoms with Crippen LogP contribution in [0.1, 0.15) is 18.4 Å². The highest BCUT2D eigenvalue weighted by atomic mass is 32.2. The zero-order valence-corrected chi connectivity index (χ0v) is 13.9. The average Bonchev–Trinajstić information content (AvgIpc) is 2.55. The van der Waals surface area contributed by atoms with Crippen LogP contribution in [0.25, 0.3) is 0 Å². The molecule has 0 aromatic heterocycles. The minimum Gasteiger partial charge on any atom is -0.399 e. The van der Waals surface area contributed by atoms with Gasteiger partial charge >= 0.3 is 5.76 Å². The topological polar surface area (TPSA) is 92.5 Å². The van der Waals surface area contributed by atoms with Crippen molar-refractivity contribution in [1.82, 2.24) is 9.62 Å². The minimum absolute atomic E-state index is 0.0607. The third-order valence-corrected chi connectivity index (χ3v) is 5.63. The van der Waals surface area contributed by atoms with Crippen molar-refractivity contribution in [2.24, 2.45) is 5.92 Å². The van der Waals surface area contributed by atoms with Gasteiger partial charge in [0.25, 0.3) is 10.0 Å². The van der Waals surface area contributed by atoms with Crippen molar-refractivity contribution in [2.45, 2.75) is 25.0 Å². The molecule has 1 amide bonds. The number of nitrogen functional groups attached to an aromatic ring is 1. The number of alkyl halides is 2. The molecule has 0 spiro atoms. The number of nitrogens with two attached hydrogens (primary N) is 1. The van der Waals surface area contributed by atoms with Crippen LogP contribution in [0.15, 0.2) is 24.3 Å². The van der Waals surface area contributed by atoms with E-state index in [0.29, 0.717) is 25.1 Å². The van der Waals surface area contributed by atoms with Crippen LogP contribution in [0.2, 0.25) is 0 Å². The first-order valence-electron chi connectivity index (χ1n) is 7.67. The number of hydrogen-bond acceptors (Lipinski definition) is 4. The predicted molar refractivity (Wildman–Crippen MR) is 86.8 cm³/mol. The molecule has 24 heavy (non-hydrogen) atoms. The molecule has 0 saturated carbocycles. The first-order chi connectivity index (χ1) is 11.3. The average molecular weight is 361 g/mol. The number of anilines is 1. The zero-order chi connectivity index (χ0) is 17.7. The lowest BCUT2D eigenvalue weighted by Gasteiger charge is -2.30. The summed E-state index contributed by atoms with van der Waals surface area (Å²) < 4.78 is 48.6. The summed E-state index contributed by atoms with van der Waals surface area (Å²) >= 11 is 0. The van der Waals surface area contributed by atoms with Gasteiger partial charge in [0.15, 0.2) is 0 Å². The number of carbonyl (C=O) groups excluding carboxylic acids is 1. The van der Waals surface area contributed by atoms with Crippen LogP contribution in [-0.4, -0.2) is 44.0 Å². The van der Waals surface area contributed by atoms with E-state index in [1.54, 1.807) is 24.3 Å². The molecule has 0 unspecified atom stereocenters. The van der Waals surface area contributed by atoms with E-state index in [0.717, 1.165) is 9.87 Å². The molecule has 0 aliphatic carbocycles. The lowest BCUT2D eigenvalue weighted by molar-refractivity contribution is -0.120. The standard InChI is InChI=1S/C15H21F2N3O3S/c16-15(17)24(22,23)20-7-5-12(6-8-20)10-19-14(21)9-11-1-3-13(18)4-2-11/h1-4,12,15H,5-10,18H2,(H,19,21). The number of nitrogens with one attached hydrogen (secondary N) is 1. The van der Waals surface area contributed by atoms with Gasteiger partial charge in [-0.15, -0.1) is 0 Å². The number of hydrogen-bond donors (Lipinski definition) is 2. The molecular weight excluding hydrogens is 340 g/mol. The SMILES string of the molecule is Nc1ccc(CC(=O)NCC2CCN(S(=O)(=O)C(F)F)CC2)cc1. The molecule has 3 N–H and O–H groups in total. The summed E-state index contributed by atoms with van der Waals surface area (Å²) in [5, 5.41) is 2.81. The maximum atomic E-state index is 12.5.